The zero-order chi connectivity index (χ0) is 12.1. The van der Waals surface area contributed by atoms with Gasteiger partial charge >= 0.3 is 5.97 Å². The quantitative estimate of drug-likeness (QED) is 0.755. The van der Waals surface area contributed by atoms with E-state index in [0.717, 1.165) is 6.42 Å². The normalized spacial score (nSPS) is 22.1. The zero-order valence-electron chi connectivity index (χ0n) is 9.81. The van der Waals surface area contributed by atoms with Gasteiger partial charge < -0.3 is 14.7 Å². The lowest BCUT2D eigenvalue weighted by molar-refractivity contribution is -0.148. The number of carboxylic acid groups (broad SMARTS) is 1. The molecule has 1 rings (SSSR count). The summed E-state index contributed by atoms with van der Waals surface area (Å²) in [5.74, 6) is -0.841. The molecule has 0 saturated carbocycles. The van der Waals surface area contributed by atoms with E-state index < -0.39 is 12.0 Å². The standard InChI is InChI=1S/C11H19NO4/c1-8(7-16-2)6-10(13)12-5-3-4-9(12)11(14)15/h8-9H,3-7H2,1-2H3,(H,14,15)/t8?,9-/m1/s1. The molecule has 1 aliphatic rings. The van der Waals surface area contributed by atoms with Gasteiger partial charge in [-0.05, 0) is 18.8 Å². The van der Waals surface area contributed by atoms with E-state index in [2.05, 4.69) is 0 Å². The fourth-order valence-electron chi connectivity index (χ4n) is 2.08. The van der Waals surface area contributed by atoms with Crippen LogP contribution in [0, 0.1) is 5.92 Å². The van der Waals surface area contributed by atoms with E-state index in [1.165, 1.54) is 4.90 Å². The predicted molar refractivity (Wildman–Crippen MR) is 58.0 cm³/mol. The summed E-state index contributed by atoms with van der Waals surface area (Å²) in [5, 5.41) is 8.95. The predicted octanol–water partition coefficient (Wildman–Crippen LogP) is 0.735. The van der Waals surface area contributed by atoms with Crippen LogP contribution in [0.25, 0.3) is 0 Å². The van der Waals surface area contributed by atoms with Crippen LogP contribution < -0.4 is 0 Å². The molecule has 1 heterocycles. The number of methoxy groups -OCH3 is 1. The van der Waals surface area contributed by atoms with Crippen molar-refractivity contribution in [2.24, 2.45) is 5.92 Å². The Kier molecular flexibility index (Phi) is 4.73. The van der Waals surface area contributed by atoms with E-state index >= 15 is 0 Å². The molecule has 1 N–H and O–H groups in total. The topological polar surface area (TPSA) is 66.8 Å². The number of aliphatic carboxylic acids is 1. The third kappa shape index (κ3) is 3.20. The maximum absolute atomic E-state index is 11.9. The number of rotatable bonds is 5. The van der Waals surface area contributed by atoms with Gasteiger partial charge in [0, 0.05) is 26.7 Å². The second-order valence-electron chi connectivity index (χ2n) is 4.35. The van der Waals surface area contributed by atoms with Crippen molar-refractivity contribution < 1.29 is 19.4 Å². The van der Waals surface area contributed by atoms with Gasteiger partial charge in [0.15, 0.2) is 0 Å². The molecule has 1 fully saturated rings. The highest BCUT2D eigenvalue weighted by atomic mass is 16.5. The molecule has 92 valence electrons. The van der Waals surface area contributed by atoms with Crippen LogP contribution in [0.5, 0.6) is 0 Å². The minimum Gasteiger partial charge on any atom is -0.480 e. The maximum Gasteiger partial charge on any atom is 0.326 e. The van der Waals surface area contributed by atoms with Gasteiger partial charge in [0.1, 0.15) is 6.04 Å². The van der Waals surface area contributed by atoms with Crippen LogP contribution in [-0.4, -0.2) is 48.2 Å². The Morgan fingerprint density at radius 2 is 2.25 bits per heavy atom. The Balaban J connectivity index is 2.49. The molecule has 1 aliphatic heterocycles. The lowest BCUT2D eigenvalue weighted by Gasteiger charge is -2.22. The maximum atomic E-state index is 11.9. The van der Waals surface area contributed by atoms with Crippen LogP contribution in [0.4, 0.5) is 0 Å². The first kappa shape index (κ1) is 13.0. The molecule has 0 spiro atoms. The molecule has 0 aromatic carbocycles. The third-order valence-electron chi connectivity index (χ3n) is 2.83. The Hall–Kier alpha value is -1.10. The summed E-state index contributed by atoms with van der Waals surface area (Å²) in [4.78, 5) is 24.2. The van der Waals surface area contributed by atoms with Crippen LogP contribution >= 0.6 is 0 Å². The molecular weight excluding hydrogens is 210 g/mol. The minimum absolute atomic E-state index is 0.0746. The fourth-order valence-corrected chi connectivity index (χ4v) is 2.08. The molecule has 2 atom stereocenters. The number of hydrogen-bond acceptors (Lipinski definition) is 3. The second kappa shape index (κ2) is 5.84. The summed E-state index contributed by atoms with van der Waals surface area (Å²) in [6.07, 6.45) is 1.71. The number of carbonyl (C=O) groups excluding carboxylic acids is 1. The van der Waals surface area contributed by atoms with Crippen molar-refractivity contribution in [3.8, 4) is 0 Å². The van der Waals surface area contributed by atoms with Gasteiger partial charge in [0.05, 0.1) is 0 Å². The Bertz CT molecular complexity index is 267. The molecule has 1 saturated heterocycles. The molecular formula is C11H19NO4. The van der Waals surface area contributed by atoms with Crippen LogP contribution in [-0.2, 0) is 14.3 Å². The average molecular weight is 229 g/mol. The highest BCUT2D eigenvalue weighted by Gasteiger charge is 2.33. The molecule has 1 unspecified atom stereocenters. The number of ether oxygens (including phenoxy) is 1. The molecule has 1 amide bonds. The second-order valence-corrected chi connectivity index (χ2v) is 4.35. The Labute approximate surface area is 95.4 Å². The van der Waals surface area contributed by atoms with Crippen molar-refractivity contribution in [1.82, 2.24) is 4.90 Å². The molecule has 16 heavy (non-hydrogen) atoms. The van der Waals surface area contributed by atoms with Crippen molar-refractivity contribution in [3.63, 3.8) is 0 Å². The minimum atomic E-state index is -0.898. The van der Waals surface area contributed by atoms with E-state index in [-0.39, 0.29) is 11.8 Å². The SMILES string of the molecule is COCC(C)CC(=O)N1CCC[C@@H]1C(=O)O. The van der Waals surface area contributed by atoms with Crippen molar-refractivity contribution in [1.29, 1.82) is 0 Å². The van der Waals surface area contributed by atoms with Crippen LogP contribution in [0.3, 0.4) is 0 Å². The van der Waals surface area contributed by atoms with Crippen LogP contribution in [0.1, 0.15) is 26.2 Å². The first-order chi connectivity index (χ1) is 7.56. The molecule has 0 radical (unpaired) electrons. The summed E-state index contributed by atoms with van der Waals surface area (Å²) in [6, 6.07) is -0.623. The van der Waals surface area contributed by atoms with E-state index in [1.54, 1.807) is 7.11 Å². The highest BCUT2D eigenvalue weighted by molar-refractivity contribution is 5.84. The monoisotopic (exact) mass is 229 g/mol. The lowest BCUT2D eigenvalue weighted by Crippen LogP contribution is -2.41. The number of nitrogens with zero attached hydrogens (tertiary/aromatic N) is 1. The lowest BCUT2D eigenvalue weighted by atomic mass is 10.1. The molecule has 5 nitrogen and oxygen atoms in total. The van der Waals surface area contributed by atoms with E-state index in [0.29, 0.717) is 26.0 Å². The van der Waals surface area contributed by atoms with Gasteiger partial charge in [-0.25, -0.2) is 4.79 Å². The van der Waals surface area contributed by atoms with E-state index in [1.807, 2.05) is 6.92 Å². The first-order valence-electron chi connectivity index (χ1n) is 5.57. The number of hydrogen-bond donors (Lipinski definition) is 1. The van der Waals surface area contributed by atoms with Gasteiger partial charge in [0.25, 0.3) is 0 Å². The highest BCUT2D eigenvalue weighted by Crippen LogP contribution is 2.19. The Morgan fingerprint density at radius 3 is 2.81 bits per heavy atom. The summed E-state index contributed by atoms with van der Waals surface area (Å²) in [5.41, 5.74) is 0. The van der Waals surface area contributed by atoms with Gasteiger partial charge in [-0.15, -0.1) is 0 Å². The van der Waals surface area contributed by atoms with Crippen LogP contribution in [0.15, 0.2) is 0 Å². The van der Waals surface area contributed by atoms with Gasteiger partial charge in [-0.2, -0.15) is 0 Å². The molecule has 0 bridgehead atoms. The number of carbonyl (C=O) groups is 2. The van der Waals surface area contributed by atoms with Crippen molar-refractivity contribution in [2.45, 2.75) is 32.2 Å². The van der Waals surface area contributed by atoms with Crippen molar-refractivity contribution in [3.05, 3.63) is 0 Å². The summed E-state index contributed by atoms with van der Waals surface area (Å²) >= 11 is 0. The fraction of sp³-hybridized carbons (Fsp3) is 0.818. The first-order valence-corrected chi connectivity index (χ1v) is 5.57. The molecule has 0 aromatic heterocycles. The zero-order valence-corrected chi connectivity index (χ0v) is 9.81. The molecule has 5 heteroatoms. The average Bonchev–Trinajstić information content (AvgIpc) is 2.65. The Morgan fingerprint density at radius 1 is 1.56 bits per heavy atom. The van der Waals surface area contributed by atoms with Gasteiger partial charge in [-0.3, -0.25) is 4.79 Å². The summed E-state index contributed by atoms with van der Waals surface area (Å²) in [7, 11) is 1.59. The van der Waals surface area contributed by atoms with Gasteiger partial charge in [-0.1, -0.05) is 6.92 Å². The molecule has 0 aromatic rings. The largest absolute Gasteiger partial charge is 0.480 e. The number of carboxylic acids is 1. The number of likely N-dealkylation sites (tertiary alicyclic amines) is 1. The summed E-state index contributed by atoms with van der Waals surface area (Å²) in [6.45, 7) is 3.01. The molecule has 0 aliphatic carbocycles. The third-order valence-corrected chi connectivity index (χ3v) is 2.83. The number of amides is 1. The van der Waals surface area contributed by atoms with E-state index in [9.17, 15) is 9.59 Å². The van der Waals surface area contributed by atoms with Crippen LogP contribution in [0.2, 0.25) is 0 Å². The van der Waals surface area contributed by atoms with Crippen molar-refractivity contribution >= 4 is 11.9 Å². The van der Waals surface area contributed by atoms with Crippen molar-refractivity contribution in [2.75, 3.05) is 20.3 Å². The van der Waals surface area contributed by atoms with E-state index in [4.69, 9.17) is 9.84 Å². The smallest absolute Gasteiger partial charge is 0.326 e. The summed E-state index contributed by atoms with van der Waals surface area (Å²) < 4.78 is 4.95. The van der Waals surface area contributed by atoms with Gasteiger partial charge in [0.2, 0.25) is 5.91 Å².